The number of urea groups is 1. The maximum absolute atomic E-state index is 12.2. The zero-order chi connectivity index (χ0) is 19.5. The van der Waals surface area contributed by atoms with Crippen LogP contribution in [0.1, 0.15) is 50.5 Å². The van der Waals surface area contributed by atoms with E-state index in [9.17, 15) is 9.59 Å². The first kappa shape index (κ1) is 21.2. The van der Waals surface area contributed by atoms with Gasteiger partial charge in [0.1, 0.15) is 0 Å². The molecule has 0 aliphatic heterocycles. The van der Waals surface area contributed by atoms with Gasteiger partial charge in [-0.3, -0.25) is 4.79 Å². The average Bonchev–Trinajstić information content (AvgIpc) is 2.92. The van der Waals surface area contributed by atoms with E-state index >= 15 is 0 Å². The van der Waals surface area contributed by atoms with Crippen molar-refractivity contribution in [2.24, 2.45) is 0 Å². The Kier molecular flexibility index (Phi) is 8.58. The number of amides is 3. The van der Waals surface area contributed by atoms with Gasteiger partial charge in [-0.05, 0) is 32.5 Å². The zero-order valence-corrected chi connectivity index (χ0v) is 16.7. The summed E-state index contributed by atoms with van der Waals surface area (Å²) in [6.45, 7) is 1.49. The van der Waals surface area contributed by atoms with E-state index in [-0.39, 0.29) is 17.5 Å². The molecule has 0 atom stereocenters. The van der Waals surface area contributed by atoms with Gasteiger partial charge in [-0.15, -0.1) is 0 Å². The monoisotopic (exact) mass is 374 g/mol. The van der Waals surface area contributed by atoms with Crippen LogP contribution in [0.15, 0.2) is 30.3 Å². The van der Waals surface area contributed by atoms with Crippen LogP contribution < -0.4 is 16.0 Å². The summed E-state index contributed by atoms with van der Waals surface area (Å²) in [5.74, 6) is -0.0103. The summed E-state index contributed by atoms with van der Waals surface area (Å²) < 4.78 is 0. The van der Waals surface area contributed by atoms with E-state index in [1.54, 1.807) is 0 Å². The SMILES string of the molecule is CN(C)C1(CNC(=O)CCNC(=O)NCc2ccccc2)CCCCCC1. The molecule has 1 aromatic carbocycles. The van der Waals surface area contributed by atoms with Gasteiger partial charge >= 0.3 is 6.03 Å². The quantitative estimate of drug-likeness (QED) is 0.613. The largest absolute Gasteiger partial charge is 0.354 e. The summed E-state index contributed by atoms with van der Waals surface area (Å²) >= 11 is 0. The van der Waals surface area contributed by atoms with Crippen molar-refractivity contribution in [2.45, 2.75) is 57.0 Å². The van der Waals surface area contributed by atoms with Gasteiger partial charge in [0.25, 0.3) is 0 Å². The Morgan fingerprint density at radius 3 is 2.26 bits per heavy atom. The Morgan fingerprint density at radius 1 is 0.963 bits per heavy atom. The highest BCUT2D eigenvalue weighted by atomic mass is 16.2. The van der Waals surface area contributed by atoms with Crippen molar-refractivity contribution in [3.05, 3.63) is 35.9 Å². The van der Waals surface area contributed by atoms with Crippen molar-refractivity contribution in [3.8, 4) is 0 Å². The van der Waals surface area contributed by atoms with Crippen LogP contribution >= 0.6 is 0 Å². The lowest BCUT2D eigenvalue weighted by molar-refractivity contribution is -0.121. The van der Waals surface area contributed by atoms with E-state index in [1.165, 1.54) is 25.7 Å². The molecule has 0 radical (unpaired) electrons. The average molecular weight is 375 g/mol. The van der Waals surface area contributed by atoms with Crippen LogP contribution in [-0.4, -0.2) is 49.6 Å². The van der Waals surface area contributed by atoms with Crippen LogP contribution in [0.4, 0.5) is 4.79 Å². The Morgan fingerprint density at radius 2 is 1.63 bits per heavy atom. The first-order valence-electron chi connectivity index (χ1n) is 10.0. The second-order valence-electron chi connectivity index (χ2n) is 7.65. The number of hydrogen-bond donors (Lipinski definition) is 3. The van der Waals surface area contributed by atoms with Crippen molar-refractivity contribution in [3.63, 3.8) is 0 Å². The van der Waals surface area contributed by atoms with Crippen molar-refractivity contribution < 1.29 is 9.59 Å². The van der Waals surface area contributed by atoms with Gasteiger partial charge in [-0.25, -0.2) is 4.79 Å². The first-order chi connectivity index (χ1) is 13.0. The fourth-order valence-corrected chi connectivity index (χ4v) is 3.65. The molecule has 0 heterocycles. The molecule has 3 N–H and O–H groups in total. The summed E-state index contributed by atoms with van der Waals surface area (Å²) in [7, 11) is 4.21. The summed E-state index contributed by atoms with van der Waals surface area (Å²) in [6, 6.07) is 9.49. The highest BCUT2D eigenvalue weighted by Gasteiger charge is 2.33. The van der Waals surface area contributed by atoms with Crippen LogP contribution in [0.5, 0.6) is 0 Å². The lowest BCUT2D eigenvalue weighted by atomic mass is 9.88. The molecule has 1 aromatic rings. The van der Waals surface area contributed by atoms with Crippen molar-refractivity contribution in [2.75, 3.05) is 27.2 Å². The Labute approximate surface area is 163 Å². The number of benzene rings is 1. The molecule has 150 valence electrons. The van der Waals surface area contributed by atoms with Crippen molar-refractivity contribution in [1.82, 2.24) is 20.9 Å². The number of nitrogens with zero attached hydrogens (tertiary/aromatic N) is 1. The van der Waals surface area contributed by atoms with Crippen molar-refractivity contribution in [1.29, 1.82) is 0 Å². The maximum atomic E-state index is 12.2. The fourth-order valence-electron chi connectivity index (χ4n) is 3.65. The number of rotatable bonds is 8. The van der Waals surface area contributed by atoms with E-state index < -0.39 is 0 Å². The maximum Gasteiger partial charge on any atom is 0.315 e. The third-order valence-electron chi connectivity index (χ3n) is 5.53. The summed E-state index contributed by atoms with van der Waals surface area (Å²) in [6.07, 6.45) is 7.55. The first-order valence-corrected chi connectivity index (χ1v) is 10.0. The zero-order valence-electron chi connectivity index (χ0n) is 16.7. The lowest BCUT2D eigenvalue weighted by Gasteiger charge is -2.39. The van der Waals surface area contributed by atoms with Crippen LogP contribution in [0.2, 0.25) is 0 Å². The fraction of sp³-hybridized carbons (Fsp3) is 0.619. The van der Waals surface area contributed by atoms with Crippen LogP contribution in [0.25, 0.3) is 0 Å². The molecule has 0 unspecified atom stereocenters. The number of hydrogen-bond acceptors (Lipinski definition) is 3. The number of carbonyl (C=O) groups is 2. The molecule has 6 nitrogen and oxygen atoms in total. The summed E-state index contributed by atoms with van der Waals surface area (Å²) in [5, 5.41) is 8.62. The highest BCUT2D eigenvalue weighted by Crippen LogP contribution is 2.30. The van der Waals surface area contributed by atoms with Gasteiger partial charge in [0.05, 0.1) is 0 Å². The molecule has 1 aliphatic carbocycles. The minimum atomic E-state index is -0.250. The molecular formula is C21H34N4O2. The Bertz CT molecular complexity index is 581. The summed E-state index contributed by atoms with van der Waals surface area (Å²) in [4.78, 5) is 26.3. The topological polar surface area (TPSA) is 73.5 Å². The van der Waals surface area contributed by atoms with Crippen LogP contribution in [0.3, 0.4) is 0 Å². The lowest BCUT2D eigenvalue weighted by Crippen LogP contribution is -2.52. The molecule has 0 saturated heterocycles. The Balaban J connectivity index is 1.65. The number of likely N-dealkylation sites (N-methyl/N-ethyl adjacent to an activating group) is 1. The van der Waals surface area contributed by atoms with E-state index in [4.69, 9.17) is 0 Å². The summed E-state index contributed by atoms with van der Waals surface area (Å²) in [5.41, 5.74) is 1.11. The second-order valence-corrected chi connectivity index (χ2v) is 7.65. The third-order valence-corrected chi connectivity index (χ3v) is 5.53. The molecule has 6 heteroatoms. The smallest absolute Gasteiger partial charge is 0.315 e. The van der Waals surface area contributed by atoms with Gasteiger partial charge in [0, 0.05) is 31.6 Å². The second kappa shape index (κ2) is 10.9. The normalized spacial score (nSPS) is 16.4. The number of carbonyl (C=O) groups excluding carboxylic acids is 2. The van der Waals surface area contributed by atoms with Gasteiger partial charge in [-0.2, -0.15) is 0 Å². The van der Waals surface area contributed by atoms with Gasteiger partial charge in [0.15, 0.2) is 0 Å². The third kappa shape index (κ3) is 7.21. The van der Waals surface area contributed by atoms with E-state index in [0.717, 1.165) is 18.4 Å². The highest BCUT2D eigenvalue weighted by molar-refractivity contribution is 5.78. The molecule has 3 amide bonds. The molecule has 2 rings (SSSR count). The van der Waals surface area contributed by atoms with E-state index in [1.807, 2.05) is 30.3 Å². The van der Waals surface area contributed by atoms with E-state index in [0.29, 0.717) is 26.1 Å². The molecule has 1 saturated carbocycles. The van der Waals surface area contributed by atoms with Gasteiger partial charge in [0.2, 0.25) is 5.91 Å². The molecule has 27 heavy (non-hydrogen) atoms. The molecule has 1 aliphatic rings. The molecule has 1 fully saturated rings. The van der Waals surface area contributed by atoms with Gasteiger partial charge < -0.3 is 20.9 Å². The molecule has 0 bridgehead atoms. The number of nitrogens with one attached hydrogen (secondary N) is 3. The molecule has 0 spiro atoms. The minimum Gasteiger partial charge on any atom is -0.354 e. The molecular weight excluding hydrogens is 340 g/mol. The minimum absolute atomic E-state index is 0.0103. The molecule has 0 aromatic heterocycles. The van der Waals surface area contributed by atoms with Gasteiger partial charge in [-0.1, -0.05) is 56.0 Å². The predicted molar refractivity (Wildman–Crippen MR) is 108 cm³/mol. The van der Waals surface area contributed by atoms with E-state index in [2.05, 4.69) is 34.9 Å². The van der Waals surface area contributed by atoms with Crippen molar-refractivity contribution >= 4 is 11.9 Å². The van der Waals surface area contributed by atoms with Crippen LogP contribution in [-0.2, 0) is 11.3 Å². The Hall–Kier alpha value is -2.08. The predicted octanol–water partition coefficient (Wildman–Crippen LogP) is 2.65. The standard InChI is InChI=1S/C21H34N4O2/c1-25(2)21(13-8-3-4-9-14-21)17-24-19(26)12-15-22-20(27)23-16-18-10-6-5-7-11-18/h5-7,10-11H,3-4,8-9,12-17H2,1-2H3,(H,24,26)(H2,22,23,27). The van der Waals surface area contributed by atoms with Crippen LogP contribution in [0, 0.1) is 0 Å².